The van der Waals surface area contributed by atoms with Crippen LogP contribution in [0, 0.1) is 5.92 Å². The lowest BCUT2D eigenvalue weighted by Gasteiger charge is -2.36. The molecule has 0 radical (unpaired) electrons. The topological polar surface area (TPSA) is 76.2 Å². The van der Waals surface area contributed by atoms with Gasteiger partial charge >= 0.3 is 0 Å². The highest BCUT2D eigenvalue weighted by atomic mass is 35.5. The maximum atomic E-state index is 13.0. The summed E-state index contributed by atoms with van der Waals surface area (Å²) in [5.74, 6) is 1.06. The average molecular weight is 451 g/mol. The first kappa shape index (κ1) is 21.0. The molecule has 1 atom stereocenters. The zero-order chi connectivity index (χ0) is 21.3. The maximum Gasteiger partial charge on any atom is 0.243 e. The number of piperazine rings is 1. The van der Waals surface area contributed by atoms with Crippen molar-refractivity contribution in [3.05, 3.63) is 53.1 Å². The van der Waals surface area contributed by atoms with E-state index in [0.717, 1.165) is 11.3 Å². The number of methoxy groups -OCH3 is 1. The number of nitrogens with zero attached hydrogens (tertiary/aromatic N) is 2. The van der Waals surface area contributed by atoms with Crippen LogP contribution in [0.25, 0.3) is 0 Å². The molecular weight excluding hydrogens is 428 g/mol. The fourth-order valence-electron chi connectivity index (χ4n) is 3.83. The summed E-state index contributed by atoms with van der Waals surface area (Å²) in [5, 5.41) is 0.614. The fourth-order valence-corrected chi connectivity index (χ4v) is 5.44. The molecule has 0 aromatic heterocycles. The molecule has 2 aromatic carbocycles. The fraction of sp³-hybridized carbons (Fsp3) is 0.381. The maximum absolute atomic E-state index is 13.0. The monoisotopic (exact) mass is 450 g/mol. The van der Waals surface area contributed by atoms with E-state index in [9.17, 15) is 13.2 Å². The number of carbonyl (C=O) groups is 1. The van der Waals surface area contributed by atoms with Gasteiger partial charge in [0.1, 0.15) is 18.1 Å². The molecule has 2 aromatic rings. The van der Waals surface area contributed by atoms with Crippen molar-refractivity contribution in [2.75, 3.05) is 39.9 Å². The van der Waals surface area contributed by atoms with E-state index in [1.807, 2.05) is 12.1 Å². The van der Waals surface area contributed by atoms with Gasteiger partial charge in [-0.05, 0) is 54.4 Å². The molecule has 2 heterocycles. The zero-order valence-electron chi connectivity index (χ0n) is 16.6. The number of amides is 1. The van der Waals surface area contributed by atoms with Gasteiger partial charge in [-0.3, -0.25) is 4.79 Å². The first-order valence-electron chi connectivity index (χ1n) is 9.72. The van der Waals surface area contributed by atoms with Gasteiger partial charge in [0.05, 0.1) is 17.9 Å². The summed E-state index contributed by atoms with van der Waals surface area (Å²) in [6.45, 7) is 1.55. The normalized spacial score (nSPS) is 19.7. The number of ether oxygens (including phenoxy) is 2. The Morgan fingerprint density at radius 3 is 2.47 bits per heavy atom. The molecule has 0 bridgehead atoms. The Morgan fingerprint density at radius 2 is 1.80 bits per heavy atom. The van der Waals surface area contributed by atoms with E-state index in [-0.39, 0.29) is 29.8 Å². The zero-order valence-corrected chi connectivity index (χ0v) is 18.2. The lowest BCUT2D eigenvalue weighted by atomic mass is 9.95. The predicted molar refractivity (Wildman–Crippen MR) is 112 cm³/mol. The van der Waals surface area contributed by atoms with Crippen LogP contribution in [0.15, 0.2) is 47.4 Å². The molecule has 0 spiro atoms. The third-order valence-corrected chi connectivity index (χ3v) is 7.67. The van der Waals surface area contributed by atoms with Gasteiger partial charge in [-0.1, -0.05) is 11.6 Å². The van der Waals surface area contributed by atoms with Crippen LogP contribution < -0.4 is 9.47 Å². The van der Waals surface area contributed by atoms with Crippen molar-refractivity contribution < 1.29 is 22.7 Å². The summed E-state index contributed by atoms with van der Waals surface area (Å²) in [4.78, 5) is 14.9. The Hall–Kier alpha value is -2.29. The molecular formula is C21H23ClN2O5S. The number of halogens is 1. The van der Waals surface area contributed by atoms with Gasteiger partial charge in [0.15, 0.2) is 0 Å². The molecule has 0 saturated carbocycles. The van der Waals surface area contributed by atoms with Gasteiger partial charge in [-0.15, -0.1) is 0 Å². The summed E-state index contributed by atoms with van der Waals surface area (Å²) in [6.07, 6.45) is 0.569. The molecule has 7 nitrogen and oxygen atoms in total. The standard InChI is InChI=1S/C21H23ClN2O5S/c1-28-18-3-5-19(6-4-18)30(26,27)24-10-8-23(9-11-24)21(25)16-12-15-13-17(22)2-7-20(15)29-14-16/h2-7,13,16H,8-12,14H2,1H3. The Morgan fingerprint density at radius 1 is 1.10 bits per heavy atom. The predicted octanol–water partition coefficient (Wildman–Crippen LogP) is 2.43. The third kappa shape index (κ3) is 4.12. The number of rotatable bonds is 4. The summed E-state index contributed by atoms with van der Waals surface area (Å²) in [5.41, 5.74) is 0.924. The Bertz CT molecular complexity index is 1030. The highest BCUT2D eigenvalue weighted by Crippen LogP contribution is 2.31. The van der Waals surface area contributed by atoms with E-state index in [0.29, 0.717) is 36.9 Å². The van der Waals surface area contributed by atoms with Crippen molar-refractivity contribution in [2.24, 2.45) is 5.92 Å². The van der Waals surface area contributed by atoms with Crippen LogP contribution in [0.5, 0.6) is 11.5 Å². The second-order valence-electron chi connectivity index (χ2n) is 7.37. The van der Waals surface area contributed by atoms with E-state index < -0.39 is 10.0 Å². The van der Waals surface area contributed by atoms with Crippen LogP contribution in [0.1, 0.15) is 5.56 Å². The van der Waals surface area contributed by atoms with Crippen molar-refractivity contribution in [3.63, 3.8) is 0 Å². The first-order valence-corrected chi connectivity index (χ1v) is 11.5. The minimum atomic E-state index is -3.61. The smallest absolute Gasteiger partial charge is 0.243 e. The van der Waals surface area contributed by atoms with E-state index in [1.54, 1.807) is 23.1 Å². The number of sulfonamides is 1. The molecule has 1 fully saturated rings. The average Bonchev–Trinajstić information content (AvgIpc) is 2.78. The van der Waals surface area contributed by atoms with Crippen LogP contribution in [0.3, 0.4) is 0 Å². The minimum Gasteiger partial charge on any atom is -0.497 e. The Balaban J connectivity index is 1.38. The molecule has 30 heavy (non-hydrogen) atoms. The molecule has 1 saturated heterocycles. The van der Waals surface area contributed by atoms with Gasteiger partial charge in [0.25, 0.3) is 0 Å². The van der Waals surface area contributed by atoms with Gasteiger partial charge in [-0.25, -0.2) is 8.42 Å². The molecule has 1 amide bonds. The lowest BCUT2D eigenvalue weighted by molar-refractivity contribution is -0.138. The number of carbonyl (C=O) groups excluding carboxylic acids is 1. The van der Waals surface area contributed by atoms with Crippen molar-refractivity contribution in [3.8, 4) is 11.5 Å². The molecule has 160 valence electrons. The molecule has 4 rings (SSSR count). The number of hydrogen-bond acceptors (Lipinski definition) is 5. The Labute approximate surface area is 181 Å². The van der Waals surface area contributed by atoms with Crippen LogP contribution >= 0.6 is 11.6 Å². The van der Waals surface area contributed by atoms with Gasteiger partial charge < -0.3 is 14.4 Å². The number of hydrogen-bond donors (Lipinski definition) is 0. The van der Waals surface area contributed by atoms with Crippen molar-refractivity contribution >= 4 is 27.5 Å². The lowest BCUT2D eigenvalue weighted by Crippen LogP contribution is -2.52. The van der Waals surface area contributed by atoms with Crippen molar-refractivity contribution in [1.29, 1.82) is 0 Å². The van der Waals surface area contributed by atoms with E-state index in [4.69, 9.17) is 21.1 Å². The van der Waals surface area contributed by atoms with Crippen LogP contribution in [0.2, 0.25) is 5.02 Å². The summed E-state index contributed by atoms with van der Waals surface area (Å²) < 4.78 is 38.0. The van der Waals surface area contributed by atoms with Crippen LogP contribution in [-0.4, -0.2) is 63.4 Å². The van der Waals surface area contributed by atoms with Crippen LogP contribution in [-0.2, 0) is 21.2 Å². The van der Waals surface area contributed by atoms with E-state index in [2.05, 4.69) is 0 Å². The third-order valence-electron chi connectivity index (χ3n) is 5.53. The van der Waals surface area contributed by atoms with E-state index in [1.165, 1.54) is 23.5 Å². The summed E-state index contributed by atoms with van der Waals surface area (Å²) in [7, 11) is -2.07. The van der Waals surface area contributed by atoms with Gasteiger partial charge in [-0.2, -0.15) is 4.31 Å². The van der Waals surface area contributed by atoms with Gasteiger partial charge in [0, 0.05) is 31.2 Å². The highest BCUT2D eigenvalue weighted by Gasteiger charge is 2.34. The SMILES string of the molecule is COc1ccc(S(=O)(=O)N2CCN(C(=O)C3COc4ccc(Cl)cc4C3)CC2)cc1. The minimum absolute atomic E-state index is 0.0119. The first-order chi connectivity index (χ1) is 14.4. The number of benzene rings is 2. The molecule has 0 aliphatic carbocycles. The largest absolute Gasteiger partial charge is 0.497 e. The molecule has 2 aliphatic heterocycles. The summed E-state index contributed by atoms with van der Waals surface area (Å²) in [6, 6.07) is 11.7. The molecule has 1 unspecified atom stereocenters. The van der Waals surface area contributed by atoms with Crippen molar-refractivity contribution in [1.82, 2.24) is 9.21 Å². The quantitative estimate of drug-likeness (QED) is 0.715. The highest BCUT2D eigenvalue weighted by molar-refractivity contribution is 7.89. The van der Waals surface area contributed by atoms with E-state index >= 15 is 0 Å². The second kappa shape index (κ2) is 8.45. The molecule has 2 aliphatic rings. The number of fused-ring (bicyclic) bond motifs is 1. The Kier molecular flexibility index (Phi) is 5.90. The van der Waals surface area contributed by atoms with Crippen LogP contribution in [0.4, 0.5) is 0 Å². The molecule has 0 N–H and O–H groups in total. The van der Waals surface area contributed by atoms with Gasteiger partial charge in [0.2, 0.25) is 15.9 Å². The molecule has 9 heteroatoms. The van der Waals surface area contributed by atoms with Crippen molar-refractivity contribution in [2.45, 2.75) is 11.3 Å². The second-order valence-corrected chi connectivity index (χ2v) is 9.74. The summed E-state index contributed by atoms with van der Waals surface area (Å²) >= 11 is 6.06.